The van der Waals surface area contributed by atoms with Crippen molar-refractivity contribution in [3.63, 3.8) is 0 Å². The molecule has 8 heteroatoms. The number of hydrogen-bond acceptors (Lipinski definition) is 5. The first kappa shape index (κ1) is 16.8. The van der Waals surface area contributed by atoms with Gasteiger partial charge >= 0.3 is 0 Å². The molecule has 0 saturated heterocycles. The molecule has 0 spiro atoms. The number of methoxy groups -OCH3 is 2. The Morgan fingerprint density at radius 2 is 1.70 bits per heavy atom. The second-order valence-corrected chi connectivity index (χ2v) is 5.94. The number of ether oxygens (including phenoxy) is 2. The van der Waals surface area contributed by atoms with Crippen LogP contribution in [-0.2, 0) is 10.1 Å². The molecular formula is C15H15NO6S. The van der Waals surface area contributed by atoms with Gasteiger partial charge in [0.15, 0.2) is 0 Å². The van der Waals surface area contributed by atoms with Crippen molar-refractivity contribution in [3.05, 3.63) is 48.0 Å². The molecule has 0 aliphatic carbocycles. The highest BCUT2D eigenvalue weighted by Crippen LogP contribution is 2.28. The Morgan fingerprint density at radius 3 is 2.22 bits per heavy atom. The number of benzene rings is 2. The zero-order valence-electron chi connectivity index (χ0n) is 12.4. The molecule has 0 atom stereocenters. The van der Waals surface area contributed by atoms with Crippen molar-refractivity contribution in [2.75, 3.05) is 19.5 Å². The molecule has 2 aromatic rings. The lowest BCUT2D eigenvalue weighted by molar-refractivity contribution is 0.102. The Hall–Kier alpha value is -2.58. The zero-order chi connectivity index (χ0) is 17.0. The second-order valence-electron chi connectivity index (χ2n) is 4.52. The smallest absolute Gasteiger partial charge is 0.294 e. The average Bonchev–Trinajstić information content (AvgIpc) is 2.54. The molecule has 7 nitrogen and oxygen atoms in total. The van der Waals surface area contributed by atoms with Crippen LogP contribution in [0.25, 0.3) is 0 Å². The van der Waals surface area contributed by atoms with E-state index in [1.807, 2.05) is 0 Å². The molecule has 23 heavy (non-hydrogen) atoms. The van der Waals surface area contributed by atoms with Crippen LogP contribution in [0.1, 0.15) is 10.4 Å². The predicted octanol–water partition coefficient (Wildman–Crippen LogP) is 2.20. The number of carbonyl (C=O) groups excluding carboxylic acids is 1. The predicted molar refractivity (Wildman–Crippen MR) is 83.8 cm³/mol. The summed E-state index contributed by atoms with van der Waals surface area (Å²) >= 11 is 0. The third kappa shape index (κ3) is 3.99. The van der Waals surface area contributed by atoms with Gasteiger partial charge in [-0.3, -0.25) is 9.35 Å². The summed E-state index contributed by atoms with van der Waals surface area (Å²) in [6, 6.07) is 10.1. The van der Waals surface area contributed by atoms with E-state index in [9.17, 15) is 13.2 Å². The van der Waals surface area contributed by atoms with Gasteiger partial charge < -0.3 is 14.8 Å². The standard InChI is InChI=1S/C15H15NO6S/c1-21-11-5-3-10(4-6-11)15(17)16-13-8-7-12(23(18,19)20)9-14(13)22-2/h3-9H,1-2H3,(H,16,17)(H,18,19,20). The van der Waals surface area contributed by atoms with E-state index in [1.54, 1.807) is 24.3 Å². The first-order valence-corrected chi connectivity index (χ1v) is 7.90. The van der Waals surface area contributed by atoms with Gasteiger partial charge in [-0.15, -0.1) is 0 Å². The van der Waals surface area contributed by atoms with Crippen molar-refractivity contribution in [2.24, 2.45) is 0 Å². The van der Waals surface area contributed by atoms with Crippen LogP contribution in [0.2, 0.25) is 0 Å². The molecule has 2 rings (SSSR count). The van der Waals surface area contributed by atoms with E-state index in [0.29, 0.717) is 11.3 Å². The topological polar surface area (TPSA) is 102 Å². The third-order valence-electron chi connectivity index (χ3n) is 3.07. The summed E-state index contributed by atoms with van der Waals surface area (Å²) < 4.78 is 41.3. The van der Waals surface area contributed by atoms with E-state index in [4.69, 9.17) is 14.0 Å². The van der Waals surface area contributed by atoms with Gasteiger partial charge in [-0.25, -0.2) is 0 Å². The van der Waals surface area contributed by atoms with Crippen LogP contribution < -0.4 is 14.8 Å². The van der Waals surface area contributed by atoms with E-state index in [1.165, 1.54) is 26.4 Å². The molecule has 122 valence electrons. The lowest BCUT2D eigenvalue weighted by Gasteiger charge is -2.11. The van der Waals surface area contributed by atoms with E-state index < -0.39 is 16.0 Å². The number of anilines is 1. The summed E-state index contributed by atoms with van der Waals surface area (Å²) in [7, 11) is -1.50. The largest absolute Gasteiger partial charge is 0.497 e. The summed E-state index contributed by atoms with van der Waals surface area (Å²) in [5.41, 5.74) is 0.674. The van der Waals surface area contributed by atoms with Crippen molar-refractivity contribution >= 4 is 21.7 Å². The van der Waals surface area contributed by atoms with Crippen LogP contribution in [0.4, 0.5) is 5.69 Å². The Bertz CT molecular complexity index is 814. The quantitative estimate of drug-likeness (QED) is 0.811. The van der Waals surface area contributed by atoms with Gasteiger partial charge in [-0.05, 0) is 36.4 Å². The summed E-state index contributed by atoms with van der Waals surface area (Å²) in [5, 5.41) is 2.61. The summed E-state index contributed by atoms with van der Waals surface area (Å²) in [5.74, 6) is 0.337. The van der Waals surface area contributed by atoms with Gasteiger partial charge in [0.1, 0.15) is 11.5 Å². The maximum Gasteiger partial charge on any atom is 0.294 e. The van der Waals surface area contributed by atoms with Crippen molar-refractivity contribution in [1.82, 2.24) is 0 Å². The first-order valence-electron chi connectivity index (χ1n) is 6.46. The van der Waals surface area contributed by atoms with E-state index in [-0.39, 0.29) is 16.3 Å². The van der Waals surface area contributed by atoms with E-state index in [0.717, 1.165) is 6.07 Å². The Balaban J connectivity index is 2.26. The Labute approximate surface area is 133 Å². The number of carbonyl (C=O) groups is 1. The number of rotatable bonds is 5. The van der Waals surface area contributed by atoms with Crippen LogP contribution in [0.15, 0.2) is 47.4 Å². The molecule has 0 aliphatic heterocycles. The van der Waals surface area contributed by atoms with Crippen molar-refractivity contribution in [1.29, 1.82) is 0 Å². The van der Waals surface area contributed by atoms with Gasteiger partial charge in [-0.1, -0.05) is 0 Å². The van der Waals surface area contributed by atoms with Crippen LogP contribution in [-0.4, -0.2) is 33.1 Å². The minimum Gasteiger partial charge on any atom is -0.497 e. The Morgan fingerprint density at radius 1 is 1.04 bits per heavy atom. The van der Waals surface area contributed by atoms with Gasteiger partial charge in [0.25, 0.3) is 16.0 Å². The highest BCUT2D eigenvalue weighted by atomic mass is 32.2. The molecule has 0 bridgehead atoms. The average molecular weight is 337 g/mol. The maximum atomic E-state index is 12.2. The highest BCUT2D eigenvalue weighted by Gasteiger charge is 2.15. The summed E-state index contributed by atoms with van der Waals surface area (Å²) in [6.07, 6.45) is 0. The molecule has 0 aromatic heterocycles. The molecule has 0 aliphatic rings. The first-order chi connectivity index (χ1) is 10.8. The van der Waals surface area contributed by atoms with Crippen LogP contribution in [0, 0.1) is 0 Å². The fourth-order valence-corrected chi connectivity index (χ4v) is 2.37. The summed E-state index contributed by atoms with van der Waals surface area (Å²) in [6.45, 7) is 0. The van der Waals surface area contributed by atoms with Gasteiger partial charge in [0.05, 0.1) is 24.8 Å². The van der Waals surface area contributed by atoms with E-state index >= 15 is 0 Å². The van der Waals surface area contributed by atoms with Gasteiger partial charge in [0.2, 0.25) is 0 Å². The van der Waals surface area contributed by atoms with Crippen LogP contribution in [0.3, 0.4) is 0 Å². The molecule has 0 unspecified atom stereocenters. The SMILES string of the molecule is COc1ccc(C(=O)Nc2ccc(S(=O)(=O)O)cc2OC)cc1. The van der Waals surface area contributed by atoms with Crippen LogP contribution in [0.5, 0.6) is 11.5 Å². The number of hydrogen-bond donors (Lipinski definition) is 2. The molecule has 0 saturated carbocycles. The zero-order valence-corrected chi connectivity index (χ0v) is 13.3. The summed E-state index contributed by atoms with van der Waals surface area (Å²) in [4.78, 5) is 11.9. The number of nitrogens with one attached hydrogen (secondary N) is 1. The van der Waals surface area contributed by atoms with Crippen LogP contribution >= 0.6 is 0 Å². The Kier molecular flexibility index (Phi) is 4.87. The molecule has 2 aromatic carbocycles. The normalized spacial score (nSPS) is 10.9. The molecule has 0 radical (unpaired) electrons. The molecule has 0 fully saturated rings. The highest BCUT2D eigenvalue weighted by molar-refractivity contribution is 7.85. The van der Waals surface area contributed by atoms with Crippen molar-refractivity contribution in [2.45, 2.75) is 4.90 Å². The maximum absolute atomic E-state index is 12.2. The molecule has 1 amide bonds. The van der Waals surface area contributed by atoms with Gasteiger partial charge in [-0.2, -0.15) is 8.42 Å². The van der Waals surface area contributed by atoms with E-state index in [2.05, 4.69) is 5.32 Å². The van der Waals surface area contributed by atoms with Crippen molar-refractivity contribution < 1.29 is 27.2 Å². The molecule has 0 heterocycles. The fourth-order valence-electron chi connectivity index (χ4n) is 1.87. The lowest BCUT2D eigenvalue weighted by atomic mass is 10.2. The second kappa shape index (κ2) is 6.67. The molecule has 2 N–H and O–H groups in total. The number of amides is 1. The monoisotopic (exact) mass is 337 g/mol. The fraction of sp³-hybridized carbons (Fsp3) is 0.133. The third-order valence-corrected chi connectivity index (χ3v) is 3.92. The van der Waals surface area contributed by atoms with Crippen molar-refractivity contribution in [3.8, 4) is 11.5 Å². The van der Waals surface area contributed by atoms with Gasteiger partial charge in [0, 0.05) is 11.6 Å². The lowest BCUT2D eigenvalue weighted by Crippen LogP contribution is -2.13. The minimum absolute atomic E-state index is 0.113. The molecular weight excluding hydrogens is 322 g/mol. The minimum atomic E-state index is -4.35.